The number of thioether (sulfide) groups is 1. The molecule has 1 unspecified atom stereocenters. The van der Waals surface area contributed by atoms with E-state index in [1.807, 2.05) is 38.1 Å². The molecule has 0 radical (unpaired) electrons. The van der Waals surface area contributed by atoms with E-state index in [0.29, 0.717) is 18.7 Å². The van der Waals surface area contributed by atoms with Crippen LogP contribution in [0.2, 0.25) is 0 Å². The highest BCUT2D eigenvalue weighted by Crippen LogP contribution is 2.17. The number of nitrogens with one attached hydrogen (secondary N) is 1. The fourth-order valence-corrected chi connectivity index (χ4v) is 2.15. The molecule has 1 aromatic rings. The zero-order valence-corrected chi connectivity index (χ0v) is 11.8. The number of aryl methyl sites for hydroxylation is 1. The van der Waals surface area contributed by atoms with Gasteiger partial charge in [-0.3, -0.25) is 4.79 Å². The first kappa shape index (κ1) is 15.1. The molecule has 0 aliphatic carbocycles. The molecule has 0 saturated carbocycles. The van der Waals surface area contributed by atoms with Crippen LogP contribution in [0.25, 0.3) is 0 Å². The Balaban J connectivity index is 2.19. The highest BCUT2D eigenvalue weighted by atomic mass is 32.2. The topological polar surface area (TPSA) is 49.3 Å². The summed E-state index contributed by atoms with van der Waals surface area (Å²) in [5.41, 5.74) is 1.22. The molecule has 4 heteroatoms. The third-order valence-electron chi connectivity index (χ3n) is 2.66. The molecule has 0 heterocycles. The van der Waals surface area contributed by atoms with Crippen LogP contribution >= 0.6 is 11.8 Å². The Kier molecular flexibility index (Phi) is 6.83. The highest BCUT2D eigenvalue weighted by Gasteiger charge is 2.04. The third-order valence-corrected chi connectivity index (χ3v) is 3.67. The van der Waals surface area contributed by atoms with Gasteiger partial charge in [0.25, 0.3) is 0 Å². The maximum Gasteiger partial charge on any atom is 0.230 e. The van der Waals surface area contributed by atoms with Gasteiger partial charge < -0.3 is 10.4 Å². The Hall–Kier alpha value is -1.00. The van der Waals surface area contributed by atoms with E-state index < -0.39 is 0 Å². The van der Waals surface area contributed by atoms with E-state index in [4.69, 9.17) is 0 Å². The molecule has 100 valence electrons. The number of aliphatic hydroxyl groups excluding tert-OH is 1. The zero-order valence-electron chi connectivity index (χ0n) is 11.0. The first-order valence-electron chi connectivity index (χ1n) is 6.26. The lowest BCUT2D eigenvalue weighted by atomic mass is 10.2. The average molecular weight is 267 g/mol. The normalized spacial score (nSPS) is 12.2. The van der Waals surface area contributed by atoms with Gasteiger partial charge in [-0.05, 0) is 31.9 Å². The van der Waals surface area contributed by atoms with Crippen LogP contribution in [0.1, 0.15) is 25.3 Å². The van der Waals surface area contributed by atoms with Gasteiger partial charge in [0.1, 0.15) is 0 Å². The Morgan fingerprint density at radius 2 is 2.06 bits per heavy atom. The molecule has 3 nitrogen and oxygen atoms in total. The lowest BCUT2D eigenvalue weighted by molar-refractivity contribution is -0.118. The van der Waals surface area contributed by atoms with Gasteiger partial charge >= 0.3 is 0 Å². The molecule has 0 saturated heterocycles. The van der Waals surface area contributed by atoms with Gasteiger partial charge in [0, 0.05) is 11.4 Å². The Labute approximate surface area is 113 Å². The lowest BCUT2D eigenvalue weighted by Gasteiger charge is -2.08. The van der Waals surface area contributed by atoms with Crippen LogP contribution in [-0.2, 0) is 4.79 Å². The Bertz CT molecular complexity index is 365. The van der Waals surface area contributed by atoms with Gasteiger partial charge in [0.2, 0.25) is 5.91 Å². The fourth-order valence-electron chi connectivity index (χ4n) is 1.42. The number of carbonyl (C=O) groups is 1. The van der Waals surface area contributed by atoms with Crippen molar-refractivity contribution in [3.05, 3.63) is 29.8 Å². The molecule has 0 aliphatic rings. The van der Waals surface area contributed by atoms with Crippen molar-refractivity contribution in [2.75, 3.05) is 12.3 Å². The van der Waals surface area contributed by atoms with Gasteiger partial charge in [-0.15, -0.1) is 11.8 Å². The Morgan fingerprint density at radius 1 is 1.39 bits per heavy atom. The molecule has 0 bridgehead atoms. The van der Waals surface area contributed by atoms with E-state index in [-0.39, 0.29) is 12.0 Å². The predicted molar refractivity (Wildman–Crippen MR) is 75.8 cm³/mol. The summed E-state index contributed by atoms with van der Waals surface area (Å²) >= 11 is 1.53. The number of amides is 1. The second-order valence-corrected chi connectivity index (χ2v) is 5.35. The number of carbonyl (C=O) groups excluding carboxylic acids is 1. The fraction of sp³-hybridized carbons (Fsp3) is 0.500. The van der Waals surface area contributed by atoms with Crippen molar-refractivity contribution in [3.8, 4) is 0 Å². The van der Waals surface area contributed by atoms with E-state index >= 15 is 0 Å². The maximum absolute atomic E-state index is 11.5. The predicted octanol–water partition coefficient (Wildman–Crippen LogP) is 2.36. The maximum atomic E-state index is 11.5. The second-order valence-electron chi connectivity index (χ2n) is 4.30. The third kappa shape index (κ3) is 6.07. The number of hydrogen-bond acceptors (Lipinski definition) is 3. The number of aliphatic hydroxyl groups is 1. The van der Waals surface area contributed by atoms with Crippen molar-refractivity contribution >= 4 is 17.7 Å². The molecular formula is C14H21NO2S. The molecule has 1 atom stereocenters. The van der Waals surface area contributed by atoms with Crippen LogP contribution in [-0.4, -0.2) is 29.4 Å². The smallest absolute Gasteiger partial charge is 0.230 e. The minimum atomic E-state index is -0.310. The molecule has 2 N–H and O–H groups in total. The van der Waals surface area contributed by atoms with Crippen LogP contribution in [0.15, 0.2) is 29.2 Å². The number of benzene rings is 1. The van der Waals surface area contributed by atoms with Crippen molar-refractivity contribution in [1.29, 1.82) is 0 Å². The summed E-state index contributed by atoms with van der Waals surface area (Å²) in [5.74, 6) is 0.439. The lowest BCUT2D eigenvalue weighted by Crippen LogP contribution is -2.28. The van der Waals surface area contributed by atoms with Crippen molar-refractivity contribution in [2.45, 2.75) is 37.7 Å². The number of hydrogen-bond donors (Lipinski definition) is 2. The molecule has 1 amide bonds. The van der Waals surface area contributed by atoms with Crippen LogP contribution in [0.3, 0.4) is 0 Å². The van der Waals surface area contributed by atoms with Crippen LogP contribution in [0, 0.1) is 6.92 Å². The van der Waals surface area contributed by atoms with Gasteiger partial charge in [-0.2, -0.15) is 0 Å². The minimum Gasteiger partial charge on any atom is -0.393 e. The average Bonchev–Trinajstić information content (AvgIpc) is 2.38. The molecule has 18 heavy (non-hydrogen) atoms. The summed E-state index contributed by atoms with van der Waals surface area (Å²) in [6.45, 7) is 4.52. The highest BCUT2D eigenvalue weighted by molar-refractivity contribution is 8.00. The van der Waals surface area contributed by atoms with E-state index in [1.54, 1.807) is 0 Å². The summed E-state index contributed by atoms with van der Waals surface area (Å²) in [4.78, 5) is 12.6. The molecule has 0 aliphatic heterocycles. The largest absolute Gasteiger partial charge is 0.393 e. The Morgan fingerprint density at radius 3 is 2.67 bits per heavy atom. The van der Waals surface area contributed by atoms with Gasteiger partial charge in [-0.25, -0.2) is 0 Å². The van der Waals surface area contributed by atoms with Gasteiger partial charge in [0.15, 0.2) is 0 Å². The first-order valence-corrected chi connectivity index (χ1v) is 7.24. The van der Waals surface area contributed by atoms with E-state index in [1.165, 1.54) is 17.3 Å². The summed E-state index contributed by atoms with van der Waals surface area (Å²) in [6.07, 6.45) is 1.04. The standard InChI is InChI=1S/C14H21NO2S/c1-3-12(16)8-9-15-14(17)10-18-13-6-4-11(2)5-7-13/h4-7,12,16H,3,8-10H2,1-2H3,(H,15,17). The molecular weight excluding hydrogens is 246 g/mol. The molecule has 1 aromatic carbocycles. The monoisotopic (exact) mass is 267 g/mol. The second kappa shape index (κ2) is 8.16. The van der Waals surface area contributed by atoms with E-state index in [9.17, 15) is 9.90 Å². The molecule has 0 fully saturated rings. The molecule has 0 spiro atoms. The zero-order chi connectivity index (χ0) is 13.4. The van der Waals surface area contributed by atoms with Crippen LogP contribution in [0.4, 0.5) is 0 Å². The van der Waals surface area contributed by atoms with Crippen molar-refractivity contribution < 1.29 is 9.90 Å². The molecule has 1 rings (SSSR count). The van der Waals surface area contributed by atoms with Gasteiger partial charge in [0.05, 0.1) is 11.9 Å². The quantitative estimate of drug-likeness (QED) is 0.746. The van der Waals surface area contributed by atoms with Crippen LogP contribution in [0.5, 0.6) is 0 Å². The van der Waals surface area contributed by atoms with E-state index in [2.05, 4.69) is 5.32 Å². The van der Waals surface area contributed by atoms with Crippen LogP contribution < -0.4 is 5.32 Å². The minimum absolute atomic E-state index is 0.0175. The summed E-state index contributed by atoms with van der Waals surface area (Å²) in [7, 11) is 0. The number of rotatable bonds is 7. The molecule has 0 aromatic heterocycles. The summed E-state index contributed by atoms with van der Waals surface area (Å²) in [6, 6.07) is 8.12. The SMILES string of the molecule is CCC(O)CCNC(=O)CSc1ccc(C)cc1. The van der Waals surface area contributed by atoms with Crippen molar-refractivity contribution in [3.63, 3.8) is 0 Å². The van der Waals surface area contributed by atoms with E-state index in [0.717, 1.165) is 11.3 Å². The summed E-state index contributed by atoms with van der Waals surface area (Å²) in [5, 5.41) is 12.2. The van der Waals surface area contributed by atoms with Crippen molar-refractivity contribution in [1.82, 2.24) is 5.32 Å². The van der Waals surface area contributed by atoms with Gasteiger partial charge in [-0.1, -0.05) is 24.6 Å². The first-order chi connectivity index (χ1) is 8.61. The van der Waals surface area contributed by atoms with Crippen molar-refractivity contribution in [2.24, 2.45) is 0 Å². The summed E-state index contributed by atoms with van der Waals surface area (Å²) < 4.78 is 0.